The first-order chi connectivity index (χ1) is 4.47. The highest BCUT2D eigenvalue weighted by molar-refractivity contribution is 5.87. The van der Waals surface area contributed by atoms with Crippen LogP contribution in [-0.2, 0) is 0 Å². The van der Waals surface area contributed by atoms with Crippen LogP contribution in [0.3, 0.4) is 0 Å². The molecule has 0 saturated carbocycles. The molecule has 9 heavy (non-hydrogen) atoms. The van der Waals surface area contributed by atoms with Crippen molar-refractivity contribution in [3.63, 3.8) is 0 Å². The zero-order valence-electron chi connectivity index (χ0n) is 4.83. The van der Waals surface area contributed by atoms with Crippen molar-refractivity contribution >= 4 is 6.21 Å². The van der Waals surface area contributed by atoms with Gasteiger partial charge in [-0.1, -0.05) is 0 Å². The van der Waals surface area contributed by atoms with E-state index in [1.807, 2.05) is 30.8 Å². The van der Waals surface area contributed by atoms with Gasteiger partial charge in [-0.05, 0) is 12.2 Å². The van der Waals surface area contributed by atoms with Crippen molar-refractivity contribution in [3.8, 4) is 0 Å². The first-order valence-corrected chi connectivity index (χ1v) is 2.84. The number of nitrogens with zero attached hydrogens (tertiary/aromatic N) is 1. The molecule has 0 amide bonds. The highest BCUT2D eigenvalue weighted by atomic mass is 14.9. The van der Waals surface area contributed by atoms with E-state index in [2.05, 4.69) is 10.3 Å². The SMILES string of the molecule is C1=CNC2=C[N+]=CC2=C1. The molecule has 2 heterocycles. The zero-order chi connectivity index (χ0) is 6.10. The standard InChI is InChI=1S/C7H6N2/c1-2-6-4-8-5-7(6)9-3-1/h1-5,9H/q+1. The third kappa shape index (κ3) is 0.598. The van der Waals surface area contributed by atoms with E-state index in [1.165, 1.54) is 0 Å². The highest BCUT2D eigenvalue weighted by Crippen LogP contribution is 2.09. The normalized spacial score (nSPS) is 20.4. The number of rotatable bonds is 0. The summed E-state index contributed by atoms with van der Waals surface area (Å²) in [4.78, 5) is 3.97. The molecular weight excluding hydrogens is 112 g/mol. The van der Waals surface area contributed by atoms with Crippen LogP contribution in [0.4, 0.5) is 0 Å². The molecule has 2 rings (SSSR count). The van der Waals surface area contributed by atoms with Crippen LogP contribution in [0.2, 0.25) is 0 Å². The van der Waals surface area contributed by atoms with Gasteiger partial charge in [-0.15, -0.1) is 0 Å². The Morgan fingerprint density at radius 2 is 2.44 bits per heavy atom. The van der Waals surface area contributed by atoms with Crippen LogP contribution < -0.4 is 10.3 Å². The fourth-order valence-corrected chi connectivity index (χ4v) is 0.879. The Kier molecular flexibility index (Phi) is 0.803. The summed E-state index contributed by atoms with van der Waals surface area (Å²) in [5.41, 5.74) is 2.26. The molecule has 2 nitrogen and oxygen atoms in total. The van der Waals surface area contributed by atoms with E-state index in [-0.39, 0.29) is 0 Å². The van der Waals surface area contributed by atoms with Crippen molar-refractivity contribution in [1.29, 1.82) is 0 Å². The Labute approximate surface area is 53.3 Å². The average molecular weight is 118 g/mol. The van der Waals surface area contributed by atoms with E-state index < -0.39 is 0 Å². The van der Waals surface area contributed by atoms with Gasteiger partial charge in [0.1, 0.15) is 5.70 Å². The van der Waals surface area contributed by atoms with Crippen LogP contribution in [0, 0.1) is 0 Å². The van der Waals surface area contributed by atoms with Gasteiger partial charge in [-0.3, -0.25) is 0 Å². The molecule has 2 aliphatic rings. The second kappa shape index (κ2) is 1.58. The summed E-state index contributed by atoms with van der Waals surface area (Å²) < 4.78 is 0. The van der Waals surface area contributed by atoms with Crippen molar-refractivity contribution < 1.29 is 0 Å². The van der Waals surface area contributed by atoms with E-state index in [0.29, 0.717) is 0 Å². The van der Waals surface area contributed by atoms with Crippen LogP contribution in [0.1, 0.15) is 0 Å². The first-order valence-electron chi connectivity index (χ1n) is 2.84. The van der Waals surface area contributed by atoms with Crippen molar-refractivity contribution in [2.75, 3.05) is 0 Å². The maximum Gasteiger partial charge on any atom is 0.266 e. The lowest BCUT2D eigenvalue weighted by Gasteiger charge is -2.01. The third-order valence-corrected chi connectivity index (χ3v) is 1.34. The number of aliphatic imine (C=N–C) groups is 1. The second-order valence-corrected chi connectivity index (χ2v) is 1.95. The fraction of sp³-hybridized carbons (Fsp3) is 0. The van der Waals surface area contributed by atoms with Crippen LogP contribution >= 0.6 is 0 Å². The molecule has 0 bridgehead atoms. The fourth-order valence-electron chi connectivity index (χ4n) is 0.879. The van der Waals surface area contributed by atoms with Gasteiger partial charge in [0, 0.05) is 6.20 Å². The molecule has 0 aliphatic carbocycles. The maximum atomic E-state index is 3.97. The van der Waals surface area contributed by atoms with Crippen molar-refractivity contribution in [1.82, 2.24) is 10.3 Å². The lowest BCUT2D eigenvalue weighted by Crippen LogP contribution is -2.08. The van der Waals surface area contributed by atoms with Crippen molar-refractivity contribution in [2.24, 2.45) is 0 Å². The number of dihydropyridines is 1. The van der Waals surface area contributed by atoms with Crippen LogP contribution in [0.5, 0.6) is 0 Å². The van der Waals surface area contributed by atoms with Crippen LogP contribution in [0.25, 0.3) is 0 Å². The van der Waals surface area contributed by atoms with E-state index in [0.717, 1.165) is 11.3 Å². The molecule has 1 N–H and O–H groups in total. The van der Waals surface area contributed by atoms with Crippen LogP contribution in [0.15, 0.2) is 35.8 Å². The summed E-state index contributed by atoms with van der Waals surface area (Å²) in [6, 6.07) is 0. The summed E-state index contributed by atoms with van der Waals surface area (Å²) in [7, 11) is 0. The van der Waals surface area contributed by atoms with E-state index in [9.17, 15) is 0 Å². The Hall–Kier alpha value is -1.31. The van der Waals surface area contributed by atoms with E-state index >= 15 is 0 Å². The minimum Gasteiger partial charge on any atom is -0.356 e. The number of nitrogens with one attached hydrogen (secondary N) is 1. The molecule has 1 radical (unpaired) electrons. The smallest absolute Gasteiger partial charge is 0.266 e. The second-order valence-electron chi connectivity index (χ2n) is 1.95. The monoisotopic (exact) mass is 118 g/mol. The van der Waals surface area contributed by atoms with E-state index in [1.54, 1.807) is 0 Å². The van der Waals surface area contributed by atoms with Gasteiger partial charge in [0.25, 0.3) is 12.4 Å². The molecule has 0 unspecified atom stereocenters. The molecule has 0 aromatic carbocycles. The summed E-state index contributed by atoms with van der Waals surface area (Å²) in [6.07, 6.45) is 9.54. The van der Waals surface area contributed by atoms with Gasteiger partial charge >= 0.3 is 0 Å². The summed E-state index contributed by atoms with van der Waals surface area (Å²) in [5, 5.41) is 3.07. The summed E-state index contributed by atoms with van der Waals surface area (Å²) >= 11 is 0. The Morgan fingerprint density at radius 3 is 3.33 bits per heavy atom. The van der Waals surface area contributed by atoms with Gasteiger partial charge in [-0.2, -0.15) is 0 Å². The average Bonchev–Trinajstić information content (AvgIpc) is 2.33. The quantitative estimate of drug-likeness (QED) is 0.486. The molecule has 0 fully saturated rings. The predicted molar refractivity (Wildman–Crippen MR) is 36.6 cm³/mol. The lowest BCUT2D eigenvalue weighted by atomic mass is 10.2. The number of allylic oxidation sites excluding steroid dienone is 3. The number of hydrogen-bond donors (Lipinski definition) is 1. The van der Waals surface area contributed by atoms with Gasteiger partial charge in [0.2, 0.25) is 0 Å². The topological polar surface area (TPSA) is 26.1 Å². The lowest BCUT2D eigenvalue weighted by molar-refractivity contribution is 1.08. The Morgan fingerprint density at radius 1 is 1.44 bits per heavy atom. The first kappa shape index (κ1) is 4.56. The predicted octanol–water partition coefficient (Wildman–Crippen LogP) is 0.291. The molecule has 0 aromatic rings. The molecule has 0 saturated heterocycles. The Balaban J connectivity index is 2.46. The summed E-state index contributed by atoms with van der Waals surface area (Å²) in [5.74, 6) is 0. The van der Waals surface area contributed by atoms with Gasteiger partial charge in [0.05, 0.1) is 10.6 Å². The van der Waals surface area contributed by atoms with Crippen LogP contribution in [-0.4, -0.2) is 6.21 Å². The van der Waals surface area contributed by atoms with Crippen molar-refractivity contribution in [3.05, 3.63) is 35.8 Å². The Bertz CT molecular complexity index is 244. The largest absolute Gasteiger partial charge is 0.356 e. The highest BCUT2D eigenvalue weighted by Gasteiger charge is 2.15. The van der Waals surface area contributed by atoms with Crippen molar-refractivity contribution in [2.45, 2.75) is 0 Å². The van der Waals surface area contributed by atoms with Gasteiger partial charge in [-0.25, -0.2) is 0 Å². The molecule has 43 valence electrons. The summed E-state index contributed by atoms with van der Waals surface area (Å²) in [6.45, 7) is 0. The van der Waals surface area contributed by atoms with E-state index in [4.69, 9.17) is 0 Å². The molecule has 2 heteroatoms. The number of fused-ring (bicyclic) bond motifs is 1. The minimum absolute atomic E-state index is 1.09. The molecule has 0 atom stereocenters. The van der Waals surface area contributed by atoms with Gasteiger partial charge in [0.15, 0.2) is 0 Å². The molecule has 0 aromatic heterocycles. The molecule has 2 aliphatic heterocycles. The minimum atomic E-state index is 1.09. The maximum absolute atomic E-state index is 3.97. The third-order valence-electron chi connectivity index (χ3n) is 1.34. The zero-order valence-corrected chi connectivity index (χ0v) is 4.83. The molecular formula is C7H6N2+. The number of hydrogen-bond acceptors (Lipinski definition) is 2. The van der Waals surface area contributed by atoms with Gasteiger partial charge < -0.3 is 5.32 Å². The molecule has 0 spiro atoms.